The van der Waals surface area contributed by atoms with Crippen LogP contribution >= 0.6 is 46.9 Å². The molecule has 7 heteroatoms. The molecule has 1 aliphatic carbocycles. The van der Waals surface area contributed by atoms with Gasteiger partial charge in [-0.1, -0.05) is 29.3 Å². The normalized spacial score (nSPS) is 13.1. The maximum absolute atomic E-state index is 12.8. The lowest BCUT2D eigenvalue weighted by atomic mass is 10.2. The van der Waals surface area contributed by atoms with E-state index in [1.807, 2.05) is 6.07 Å². The van der Waals surface area contributed by atoms with Crippen LogP contribution in [0.2, 0.25) is 10.0 Å². The molecule has 0 aliphatic heterocycles. The molecule has 0 saturated heterocycles. The van der Waals surface area contributed by atoms with E-state index < -0.39 is 0 Å². The molecule has 0 bridgehead atoms. The van der Waals surface area contributed by atoms with E-state index in [2.05, 4.69) is 4.98 Å². The van der Waals surface area contributed by atoms with Gasteiger partial charge in [-0.15, -0.1) is 23.7 Å². The molecule has 1 aliphatic rings. The number of halogens is 3. The van der Waals surface area contributed by atoms with Crippen LogP contribution in [0.1, 0.15) is 22.4 Å². The van der Waals surface area contributed by atoms with E-state index in [1.165, 1.54) is 10.4 Å². The van der Waals surface area contributed by atoms with Gasteiger partial charge in [0.25, 0.3) is 5.56 Å². The third kappa shape index (κ3) is 2.89. The van der Waals surface area contributed by atoms with Gasteiger partial charge in [-0.3, -0.25) is 9.36 Å². The van der Waals surface area contributed by atoms with Crippen LogP contribution in [0, 0.1) is 0 Å². The topological polar surface area (TPSA) is 34.9 Å². The van der Waals surface area contributed by atoms with Crippen LogP contribution in [0.3, 0.4) is 0 Å². The van der Waals surface area contributed by atoms with Crippen LogP contribution in [0.25, 0.3) is 10.2 Å². The Kier molecular flexibility index (Phi) is 4.70. The largest absolute Gasteiger partial charge is 0.294 e. The van der Waals surface area contributed by atoms with E-state index in [4.69, 9.17) is 23.2 Å². The van der Waals surface area contributed by atoms with Gasteiger partial charge in [0, 0.05) is 14.9 Å². The predicted molar refractivity (Wildman–Crippen MR) is 98.7 cm³/mol. The molecule has 3 nitrogen and oxygen atoms in total. The van der Waals surface area contributed by atoms with Crippen molar-refractivity contribution in [3.8, 4) is 0 Å². The van der Waals surface area contributed by atoms with Crippen molar-refractivity contribution in [3.63, 3.8) is 0 Å². The van der Waals surface area contributed by atoms with Gasteiger partial charge in [-0.25, -0.2) is 4.98 Å². The van der Waals surface area contributed by atoms with Gasteiger partial charge in [-0.05, 0) is 42.5 Å². The van der Waals surface area contributed by atoms with Crippen molar-refractivity contribution in [2.75, 3.05) is 0 Å². The zero-order valence-electron chi connectivity index (χ0n) is 12.0. The van der Waals surface area contributed by atoms with Crippen molar-refractivity contribution >= 4 is 57.2 Å². The lowest BCUT2D eigenvalue weighted by Crippen LogP contribution is -2.21. The van der Waals surface area contributed by atoms with Crippen LogP contribution in [-0.4, -0.2) is 9.55 Å². The molecule has 23 heavy (non-hydrogen) atoms. The summed E-state index contributed by atoms with van der Waals surface area (Å²) in [6.07, 6.45) is 4.80. The van der Waals surface area contributed by atoms with E-state index in [-0.39, 0.29) is 18.0 Å². The number of thiophene rings is 1. The minimum atomic E-state index is 0. The van der Waals surface area contributed by atoms with Gasteiger partial charge in [0.15, 0.2) is 0 Å². The maximum atomic E-state index is 12.8. The minimum absolute atomic E-state index is 0. The maximum Gasteiger partial charge on any atom is 0.262 e. The summed E-state index contributed by atoms with van der Waals surface area (Å²) in [6, 6.07) is 5.32. The highest BCUT2D eigenvalue weighted by Gasteiger charge is 2.21. The highest BCUT2D eigenvalue weighted by atomic mass is 35.5. The fourth-order valence-electron chi connectivity index (χ4n) is 2.97. The predicted octanol–water partition coefficient (Wildman–Crippen LogP) is 4.72. The Morgan fingerprint density at radius 2 is 2.09 bits per heavy atom. The SMILES string of the molecule is Cl.O=c1c2c3c(sc2ncn1Cc1ccc(Cl)cc1Cl)CCC3. The smallest absolute Gasteiger partial charge is 0.262 e. The Morgan fingerprint density at radius 3 is 2.87 bits per heavy atom. The Hall–Kier alpha value is -1.07. The van der Waals surface area contributed by atoms with Crippen molar-refractivity contribution in [2.24, 2.45) is 0 Å². The third-order valence-corrected chi connectivity index (χ3v) is 5.83. The van der Waals surface area contributed by atoms with Gasteiger partial charge in [0.1, 0.15) is 4.83 Å². The number of fused-ring (bicyclic) bond motifs is 3. The summed E-state index contributed by atoms with van der Waals surface area (Å²) in [4.78, 5) is 19.4. The molecular weight excluding hydrogens is 375 g/mol. The quantitative estimate of drug-likeness (QED) is 0.637. The summed E-state index contributed by atoms with van der Waals surface area (Å²) in [6.45, 7) is 0.405. The second-order valence-electron chi connectivity index (χ2n) is 5.45. The Bertz CT molecular complexity index is 948. The van der Waals surface area contributed by atoms with Gasteiger partial charge in [0.2, 0.25) is 0 Å². The monoisotopic (exact) mass is 386 g/mol. The molecule has 1 aromatic carbocycles. The summed E-state index contributed by atoms with van der Waals surface area (Å²) in [7, 11) is 0. The fourth-order valence-corrected chi connectivity index (χ4v) is 4.65. The summed E-state index contributed by atoms with van der Waals surface area (Å²) in [5, 5.41) is 1.95. The number of hydrogen-bond acceptors (Lipinski definition) is 3. The van der Waals surface area contributed by atoms with Crippen LogP contribution < -0.4 is 5.56 Å². The number of benzene rings is 1. The summed E-state index contributed by atoms with van der Waals surface area (Å²) < 4.78 is 1.63. The first-order valence-corrected chi connectivity index (χ1v) is 8.64. The molecule has 0 radical (unpaired) electrons. The molecule has 4 rings (SSSR count). The molecule has 0 amide bonds. The lowest BCUT2D eigenvalue weighted by molar-refractivity contribution is 0.748. The lowest BCUT2D eigenvalue weighted by Gasteiger charge is -2.08. The van der Waals surface area contributed by atoms with E-state index in [0.29, 0.717) is 16.6 Å². The Labute approximate surface area is 153 Å². The molecule has 0 saturated carbocycles. The Balaban J connectivity index is 0.00000156. The molecular formula is C16H13Cl3N2OS. The van der Waals surface area contributed by atoms with E-state index in [9.17, 15) is 4.79 Å². The number of aryl methyl sites for hydroxylation is 2. The van der Waals surface area contributed by atoms with Crippen LogP contribution in [-0.2, 0) is 19.4 Å². The van der Waals surface area contributed by atoms with Crippen molar-refractivity contribution in [1.82, 2.24) is 9.55 Å². The first kappa shape index (κ1) is 16.8. The van der Waals surface area contributed by atoms with Gasteiger partial charge >= 0.3 is 0 Å². The molecule has 0 spiro atoms. The number of hydrogen-bond donors (Lipinski definition) is 0. The zero-order chi connectivity index (χ0) is 15.3. The molecule has 0 unspecified atom stereocenters. The molecule has 0 atom stereocenters. The standard InChI is InChI=1S/C16H12Cl2N2OS.ClH/c17-10-5-4-9(12(18)6-10)7-20-8-19-15-14(16(20)21)11-2-1-3-13(11)22-15;/h4-6,8H,1-3,7H2;1H. The van der Waals surface area contributed by atoms with Crippen LogP contribution in [0.4, 0.5) is 0 Å². The number of aromatic nitrogens is 2. The van der Waals surface area contributed by atoms with Gasteiger partial charge in [0.05, 0.1) is 18.3 Å². The third-order valence-electron chi connectivity index (χ3n) is 4.05. The average Bonchev–Trinajstić information content (AvgIpc) is 3.04. The summed E-state index contributed by atoms with van der Waals surface area (Å²) in [5.41, 5.74) is 2.09. The van der Waals surface area contributed by atoms with Gasteiger partial charge in [-0.2, -0.15) is 0 Å². The van der Waals surface area contributed by atoms with Gasteiger partial charge < -0.3 is 0 Å². The number of nitrogens with zero attached hydrogens (tertiary/aromatic N) is 2. The van der Waals surface area contributed by atoms with E-state index in [1.54, 1.807) is 34.4 Å². The molecule has 2 aromatic heterocycles. The average molecular weight is 388 g/mol. The first-order chi connectivity index (χ1) is 10.6. The Morgan fingerprint density at radius 1 is 1.26 bits per heavy atom. The zero-order valence-corrected chi connectivity index (χ0v) is 15.2. The van der Waals surface area contributed by atoms with Crippen LogP contribution in [0.5, 0.6) is 0 Å². The summed E-state index contributed by atoms with van der Waals surface area (Å²) in [5.74, 6) is 0. The second-order valence-corrected chi connectivity index (χ2v) is 7.38. The van der Waals surface area contributed by atoms with E-state index in [0.717, 1.165) is 35.0 Å². The first-order valence-electron chi connectivity index (χ1n) is 7.07. The van der Waals surface area contributed by atoms with Crippen molar-refractivity contribution in [3.05, 3.63) is 60.9 Å². The highest BCUT2D eigenvalue weighted by molar-refractivity contribution is 7.18. The fraction of sp³-hybridized carbons (Fsp3) is 0.250. The van der Waals surface area contributed by atoms with Crippen molar-refractivity contribution in [2.45, 2.75) is 25.8 Å². The van der Waals surface area contributed by atoms with E-state index >= 15 is 0 Å². The molecule has 0 N–H and O–H groups in total. The number of rotatable bonds is 2. The second kappa shape index (κ2) is 6.44. The summed E-state index contributed by atoms with van der Waals surface area (Å²) >= 11 is 13.8. The molecule has 0 fully saturated rings. The highest BCUT2D eigenvalue weighted by Crippen LogP contribution is 2.34. The molecule has 3 aromatic rings. The molecule has 120 valence electrons. The van der Waals surface area contributed by atoms with Crippen molar-refractivity contribution < 1.29 is 0 Å². The molecule has 2 heterocycles. The van der Waals surface area contributed by atoms with Crippen molar-refractivity contribution in [1.29, 1.82) is 0 Å². The van der Waals surface area contributed by atoms with Crippen LogP contribution in [0.15, 0.2) is 29.3 Å². The minimum Gasteiger partial charge on any atom is -0.294 e.